The van der Waals surface area contributed by atoms with Gasteiger partial charge in [-0.3, -0.25) is 0 Å². The lowest BCUT2D eigenvalue weighted by Crippen LogP contribution is -2.61. The van der Waals surface area contributed by atoms with Gasteiger partial charge < -0.3 is 9.80 Å². The van der Waals surface area contributed by atoms with Crippen molar-refractivity contribution in [2.45, 2.75) is 136 Å². The van der Waals surface area contributed by atoms with Crippen LogP contribution >= 0.6 is 0 Å². The quantitative estimate of drug-likeness (QED) is 0.165. The molecule has 2 aliphatic heterocycles. The van der Waals surface area contributed by atoms with E-state index in [0.717, 1.165) is 0 Å². The van der Waals surface area contributed by atoms with E-state index in [9.17, 15) is 0 Å². The molecule has 0 spiro atoms. The minimum Gasteiger partial charge on any atom is -0.311 e. The van der Waals surface area contributed by atoms with Gasteiger partial charge in [0.05, 0.1) is 11.4 Å². The topological polar surface area (TPSA) is 6.48 Å². The summed E-state index contributed by atoms with van der Waals surface area (Å²) in [6.45, 7) is 16.8. The van der Waals surface area contributed by atoms with Gasteiger partial charge in [-0.25, -0.2) is 0 Å². The molecule has 272 valence electrons. The van der Waals surface area contributed by atoms with Gasteiger partial charge in [-0.05, 0) is 197 Å². The summed E-state index contributed by atoms with van der Waals surface area (Å²) in [5, 5.41) is 0. The van der Waals surface area contributed by atoms with E-state index in [1.807, 2.05) is 0 Å². The first-order chi connectivity index (χ1) is 26.0. The average molecular weight is 707 g/mol. The maximum absolute atomic E-state index is 2.83. The zero-order chi connectivity index (χ0) is 36.8. The molecule has 0 bridgehead atoms. The van der Waals surface area contributed by atoms with Crippen molar-refractivity contribution in [3.63, 3.8) is 0 Å². The van der Waals surface area contributed by atoms with Crippen molar-refractivity contribution in [1.29, 1.82) is 0 Å². The molecule has 54 heavy (non-hydrogen) atoms. The van der Waals surface area contributed by atoms with Crippen LogP contribution in [0.4, 0.5) is 34.1 Å². The van der Waals surface area contributed by atoms with Crippen molar-refractivity contribution >= 4 is 57.2 Å². The highest BCUT2D eigenvalue weighted by atomic mass is 15.2. The minimum absolute atomic E-state index is 0.0519. The Balaban J connectivity index is 1.27. The van der Waals surface area contributed by atoms with E-state index in [2.05, 4.69) is 119 Å². The van der Waals surface area contributed by atoms with Crippen LogP contribution in [-0.4, -0.2) is 6.71 Å². The van der Waals surface area contributed by atoms with Gasteiger partial charge in [0.15, 0.2) is 0 Å². The van der Waals surface area contributed by atoms with Gasteiger partial charge in [0.1, 0.15) is 0 Å². The van der Waals surface area contributed by atoms with Crippen molar-refractivity contribution in [3.05, 3.63) is 122 Å². The molecule has 0 radical (unpaired) electrons. The van der Waals surface area contributed by atoms with Gasteiger partial charge in [0.2, 0.25) is 0 Å². The molecule has 0 saturated heterocycles. The van der Waals surface area contributed by atoms with Crippen LogP contribution in [0.2, 0.25) is 0 Å². The van der Waals surface area contributed by atoms with E-state index in [4.69, 9.17) is 0 Å². The first-order valence-electron chi connectivity index (χ1n) is 21.3. The Morgan fingerprint density at radius 2 is 0.815 bits per heavy atom. The summed E-state index contributed by atoms with van der Waals surface area (Å²) in [5.74, 6) is 0. The van der Waals surface area contributed by atoms with E-state index >= 15 is 0 Å². The molecule has 4 aliphatic carbocycles. The second-order valence-electron chi connectivity index (χ2n) is 19.8. The Kier molecular flexibility index (Phi) is 7.00. The second kappa shape index (κ2) is 11.4. The minimum atomic E-state index is 0.0519. The summed E-state index contributed by atoms with van der Waals surface area (Å²) in [4.78, 5) is 5.65. The number of aryl methyl sites for hydroxylation is 5. The summed E-state index contributed by atoms with van der Waals surface area (Å²) >= 11 is 0. The molecular weight excluding hydrogens is 651 g/mol. The molecule has 0 N–H and O–H groups in total. The lowest BCUT2D eigenvalue weighted by Gasteiger charge is -2.46. The first kappa shape index (κ1) is 33.1. The fourth-order valence-corrected chi connectivity index (χ4v) is 11.7. The predicted octanol–water partition coefficient (Wildman–Crippen LogP) is 10.6. The molecule has 6 aliphatic rings. The van der Waals surface area contributed by atoms with Crippen molar-refractivity contribution in [2.75, 3.05) is 9.80 Å². The predicted molar refractivity (Wildman–Crippen MR) is 231 cm³/mol. The summed E-state index contributed by atoms with van der Waals surface area (Å²) in [6.07, 6.45) is 14.7. The van der Waals surface area contributed by atoms with Crippen LogP contribution in [0.15, 0.2) is 60.7 Å². The van der Waals surface area contributed by atoms with Crippen LogP contribution in [0.5, 0.6) is 0 Å². The molecule has 0 unspecified atom stereocenters. The zero-order valence-electron chi connectivity index (χ0n) is 33.7. The Labute approximate surface area is 324 Å². The molecule has 0 fully saturated rings. The number of anilines is 6. The molecule has 0 aromatic heterocycles. The Morgan fingerprint density at radius 1 is 0.444 bits per heavy atom. The van der Waals surface area contributed by atoms with E-state index < -0.39 is 0 Å². The number of benzene rings is 5. The van der Waals surface area contributed by atoms with Crippen molar-refractivity contribution in [1.82, 2.24) is 0 Å². The molecule has 0 amide bonds. The molecule has 2 heterocycles. The standard InChI is InChI=1S/C51H55BN2/c1-30-24-45-47-46(25-30)54(49-39-18-10-14-33(39)27-34-15-11-19-40(34)49)44-29-36(51(5,6)7)21-23-42(44)52(47)41-22-20-35(50(2,3)4)28-43(41)53(45)48-37-16-8-12-31(37)26-32-13-9-17-38(32)48/h20-29H,8-19H2,1-7H3. The molecule has 3 heteroatoms. The highest BCUT2D eigenvalue weighted by Gasteiger charge is 2.46. The van der Waals surface area contributed by atoms with Gasteiger partial charge in [0, 0.05) is 22.7 Å². The van der Waals surface area contributed by atoms with Crippen molar-refractivity contribution in [3.8, 4) is 0 Å². The highest BCUT2D eigenvalue weighted by Crippen LogP contribution is 2.52. The summed E-state index contributed by atoms with van der Waals surface area (Å²) < 4.78 is 0. The van der Waals surface area contributed by atoms with Gasteiger partial charge in [-0.1, -0.05) is 77.9 Å². The first-order valence-corrected chi connectivity index (χ1v) is 21.3. The maximum atomic E-state index is 2.83. The Bertz CT molecular complexity index is 2220. The average Bonchev–Trinajstić information content (AvgIpc) is 3.96. The number of hydrogen-bond acceptors (Lipinski definition) is 2. The third kappa shape index (κ3) is 4.66. The van der Waals surface area contributed by atoms with Crippen LogP contribution in [0.1, 0.15) is 128 Å². The molecule has 2 nitrogen and oxygen atoms in total. The Morgan fingerprint density at radius 3 is 1.17 bits per heavy atom. The summed E-state index contributed by atoms with van der Waals surface area (Å²) in [5.41, 5.74) is 30.4. The normalized spacial score (nSPS) is 17.6. The second-order valence-corrected chi connectivity index (χ2v) is 19.8. The van der Waals surface area contributed by atoms with Gasteiger partial charge >= 0.3 is 0 Å². The van der Waals surface area contributed by atoms with Crippen LogP contribution in [-0.2, 0) is 62.2 Å². The van der Waals surface area contributed by atoms with Crippen LogP contribution in [0, 0.1) is 6.92 Å². The van der Waals surface area contributed by atoms with E-state index in [-0.39, 0.29) is 17.5 Å². The molecule has 0 saturated carbocycles. The SMILES string of the molecule is Cc1cc2c3c(c1)N(c1c4c(cc5c1CCC5)CCC4)c1cc(C(C)(C)C)ccc1B3c1ccc(C(C)(C)C)cc1N2c1c2c(cc3c1CCC3)CCC2. The molecule has 0 atom stereocenters. The summed E-state index contributed by atoms with van der Waals surface area (Å²) in [7, 11) is 0. The lowest BCUT2D eigenvalue weighted by atomic mass is 9.33. The number of nitrogens with zero attached hydrogens (tertiary/aromatic N) is 2. The van der Waals surface area contributed by atoms with Gasteiger partial charge in [-0.2, -0.15) is 0 Å². The van der Waals surface area contributed by atoms with E-state index in [1.165, 1.54) is 144 Å². The van der Waals surface area contributed by atoms with Crippen molar-refractivity contribution < 1.29 is 0 Å². The smallest absolute Gasteiger partial charge is 0.252 e. The van der Waals surface area contributed by atoms with Crippen LogP contribution < -0.4 is 26.2 Å². The maximum Gasteiger partial charge on any atom is 0.252 e. The molecule has 5 aromatic rings. The largest absolute Gasteiger partial charge is 0.311 e. The van der Waals surface area contributed by atoms with Crippen LogP contribution in [0.3, 0.4) is 0 Å². The third-order valence-electron chi connectivity index (χ3n) is 14.3. The fourth-order valence-electron chi connectivity index (χ4n) is 11.7. The Hall–Kier alpha value is -4.24. The third-order valence-corrected chi connectivity index (χ3v) is 14.3. The number of fused-ring (bicyclic) bond motifs is 8. The van der Waals surface area contributed by atoms with Gasteiger partial charge in [-0.15, -0.1) is 0 Å². The van der Waals surface area contributed by atoms with E-state index in [1.54, 1.807) is 44.5 Å². The van der Waals surface area contributed by atoms with E-state index in [0.29, 0.717) is 0 Å². The van der Waals surface area contributed by atoms with Gasteiger partial charge in [0.25, 0.3) is 6.71 Å². The van der Waals surface area contributed by atoms with Crippen molar-refractivity contribution in [2.24, 2.45) is 0 Å². The highest BCUT2D eigenvalue weighted by molar-refractivity contribution is 7.00. The lowest BCUT2D eigenvalue weighted by molar-refractivity contribution is 0.590. The number of hydrogen-bond donors (Lipinski definition) is 0. The summed E-state index contributed by atoms with van der Waals surface area (Å²) in [6, 6.07) is 25.6. The monoisotopic (exact) mass is 706 g/mol. The molecule has 11 rings (SSSR count). The fraction of sp³-hybridized carbons (Fsp3) is 0.412. The molecular formula is C51H55BN2. The van der Waals surface area contributed by atoms with Crippen LogP contribution in [0.25, 0.3) is 0 Å². The molecule has 5 aromatic carbocycles. The zero-order valence-corrected chi connectivity index (χ0v) is 33.7. The number of rotatable bonds is 2.